The van der Waals surface area contributed by atoms with E-state index < -0.39 is 0 Å². The van der Waals surface area contributed by atoms with Gasteiger partial charge in [0, 0.05) is 24.8 Å². The van der Waals surface area contributed by atoms with E-state index in [1.54, 1.807) is 12.1 Å². The molecule has 0 amide bonds. The minimum absolute atomic E-state index is 0.104. The van der Waals surface area contributed by atoms with Gasteiger partial charge in [0.25, 0.3) is 5.69 Å². The Balaban J connectivity index is 2.24. The molecular formula is C16H17BrN2O2. The number of nitro groups is 1. The zero-order chi connectivity index (χ0) is 15.4. The third kappa shape index (κ3) is 3.82. The number of hydrogen-bond acceptors (Lipinski definition) is 3. The van der Waals surface area contributed by atoms with Crippen LogP contribution < -0.4 is 4.90 Å². The highest BCUT2D eigenvalue weighted by Gasteiger charge is 2.14. The molecule has 0 heterocycles. The molecule has 0 bridgehead atoms. The van der Waals surface area contributed by atoms with Crippen LogP contribution in [0.4, 0.5) is 11.4 Å². The van der Waals surface area contributed by atoms with Crippen LogP contribution in [0.1, 0.15) is 18.1 Å². The molecule has 0 saturated heterocycles. The van der Waals surface area contributed by atoms with Gasteiger partial charge >= 0.3 is 0 Å². The molecule has 0 radical (unpaired) electrons. The molecule has 21 heavy (non-hydrogen) atoms. The first-order valence-corrected chi connectivity index (χ1v) is 7.55. The third-order valence-corrected chi connectivity index (χ3v) is 4.03. The second-order valence-electron chi connectivity index (χ2n) is 4.89. The number of anilines is 1. The molecule has 4 nitrogen and oxygen atoms in total. The lowest BCUT2D eigenvalue weighted by molar-refractivity contribution is -0.385. The first-order chi connectivity index (χ1) is 10.0. The van der Waals surface area contributed by atoms with Crippen molar-refractivity contribution in [2.75, 3.05) is 11.4 Å². The molecule has 0 aliphatic rings. The van der Waals surface area contributed by atoms with Gasteiger partial charge in [0.05, 0.1) is 9.40 Å². The molecular weight excluding hydrogens is 332 g/mol. The third-order valence-electron chi connectivity index (χ3n) is 3.36. The summed E-state index contributed by atoms with van der Waals surface area (Å²) in [6.07, 6.45) is 0. The van der Waals surface area contributed by atoms with Crippen molar-refractivity contribution in [3.63, 3.8) is 0 Å². The zero-order valence-electron chi connectivity index (χ0n) is 12.0. The number of nitrogens with zero attached hydrogens (tertiary/aromatic N) is 2. The molecule has 0 saturated carbocycles. The highest BCUT2D eigenvalue weighted by Crippen LogP contribution is 2.27. The fourth-order valence-corrected chi connectivity index (χ4v) is 2.55. The smallest absolute Gasteiger partial charge is 0.283 e. The van der Waals surface area contributed by atoms with Crippen molar-refractivity contribution in [3.8, 4) is 0 Å². The van der Waals surface area contributed by atoms with Crippen LogP contribution in [0.3, 0.4) is 0 Å². The Bertz CT molecular complexity index is 641. The molecule has 2 rings (SSSR count). The van der Waals surface area contributed by atoms with Gasteiger partial charge < -0.3 is 4.90 Å². The van der Waals surface area contributed by atoms with Crippen molar-refractivity contribution < 1.29 is 4.92 Å². The molecule has 0 aliphatic heterocycles. The summed E-state index contributed by atoms with van der Waals surface area (Å²) < 4.78 is 0.509. The van der Waals surface area contributed by atoms with Crippen molar-refractivity contribution in [1.82, 2.24) is 0 Å². The molecule has 2 aromatic carbocycles. The van der Waals surface area contributed by atoms with E-state index in [1.165, 1.54) is 5.56 Å². The molecule has 0 aliphatic carbocycles. The largest absolute Gasteiger partial charge is 0.367 e. The van der Waals surface area contributed by atoms with E-state index in [-0.39, 0.29) is 10.6 Å². The Morgan fingerprint density at radius 1 is 1.19 bits per heavy atom. The Kier molecular flexibility index (Phi) is 4.96. The predicted octanol–water partition coefficient (Wildman–Crippen LogP) is 4.69. The minimum Gasteiger partial charge on any atom is -0.367 e. The van der Waals surface area contributed by atoms with Gasteiger partial charge in [-0.2, -0.15) is 0 Å². The first kappa shape index (κ1) is 15.5. The van der Waals surface area contributed by atoms with Crippen LogP contribution in [0.15, 0.2) is 46.9 Å². The second kappa shape index (κ2) is 6.72. The lowest BCUT2D eigenvalue weighted by Gasteiger charge is -2.23. The number of halogens is 1. The number of rotatable bonds is 5. The average Bonchev–Trinajstić information content (AvgIpc) is 2.47. The maximum atomic E-state index is 11.0. The lowest BCUT2D eigenvalue weighted by Crippen LogP contribution is -2.21. The number of nitro benzene ring substituents is 1. The molecule has 110 valence electrons. The molecule has 2 aromatic rings. The lowest BCUT2D eigenvalue weighted by atomic mass is 10.1. The standard InChI is InChI=1S/C16H17BrN2O2/c1-3-18(14-7-4-12(2)5-8-14)11-13-6-9-15(17)16(10-13)19(20)21/h4-10H,3,11H2,1-2H3. The van der Waals surface area contributed by atoms with Gasteiger partial charge in [0.15, 0.2) is 0 Å². The van der Waals surface area contributed by atoms with Gasteiger partial charge in [-0.05, 0) is 53.5 Å². The fraction of sp³-hybridized carbons (Fsp3) is 0.250. The van der Waals surface area contributed by atoms with Crippen LogP contribution in [0, 0.1) is 17.0 Å². The monoisotopic (exact) mass is 348 g/mol. The van der Waals surface area contributed by atoms with Crippen LogP contribution in [0.5, 0.6) is 0 Å². The summed E-state index contributed by atoms with van der Waals surface area (Å²) in [5, 5.41) is 11.0. The normalized spacial score (nSPS) is 10.4. The van der Waals surface area contributed by atoms with Crippen LogP contribution in [0.2, 0.25) is 0 Å². The summed E-state index contributed by atoms with van der Waals surface area (Å²) in [6.45, 7) is 5.62. The summed E-state index contributed by atoms with van der Waals surface area (Å²) >= 11 is 3.21. The van der Waals surface area contributed by atoms with E-state index in [0.717, 1.165) is 17.8 Å². The van der Waals surface area contributed by atoms with Crippen LogP contribution in [-0.2, 0) is 6.54 Å². The molecule has 0 spiro atoms. The van der Waals surface area contributed by atoms with Crippen molar-refractivity contribution in [1.29, 1.82) is 0 Å². The number of benzene rings is 2. The quantitative estimate of drug-likeness (QED) is 0.581. The highest BCUT2D eigenvalue weighted by molar-refractivity contribution is 9.10. The maximum absolute atomic E-state index is 11.0. The average molecular weight is 349 g/mol. The minimum atomic E-state index is -0.365. The topological polar surface area (TPSA) is 46.4 Å². The summed E-state index contributed by atoms with van der Waals surface area (Å²) in [4.78, 5) is 12.8. The van der Waals surface area contributed by atoms with Crippen molar-refractivity contribution in [3.05, 3.63) is 68.2 Å². The summed E-state index contributed by atoms with van der Waals surface area (Å²) in [6, 6.07) is 13.6. The number of hydrogen-bond donors (Lipinski definition) is 0. The van der Waals surface area contributed by atoms with E-state index in [4.69, 9.17) is 0 Å². The van der Waals surface area contributed by atoms with Gasteiger partial charge in [-0.15, -0.1) is 0 Å². The summed E-state index contributed by atoms with van der Waals surface area (Å²) in [5.74, 6) is 0. The predicted molar refractivity (Wildman–Crippen MR) is 88.7 cm³/mol. The van der Waals surface area contributed by atoms with E-state index >= 15 is 0 Å². The summed E-state index contributed by atoms with van der Waals surface area (Å²) in [7, 11) is 0. The van der Waals surface area contributed by atoms with Crippen molar-refractivity contribution in [2.24, 2.45) is 0 Å². The molecule has 0 aromatic heterocycles. The molecule has 0 unspecified atom stereocenters. The van der Waals surface area contributed by atoms with Crippen LogP contribution >= 0.6 is 15.9 Å². The number of aryl methyl sites for hydroxylation is 1. The van der Waals surface area contributed by atoms with Gasteiger partial charge in [0.2, 0.25) is 0 Å². The molecule has 5 heteroatoms. The van der Waals surface area contributed by atoms with E-state index in [9.17, 15) is 10.1 Å². The van der Waals surface area contributed by atoms with Gasteiger partial charge in [-0.3, -0.25) is 10.1 Å². The summed E-state index contributed by atoms with van der Waals surface area (Å²) in [5.41, 5.74) is 3.36. The molecule has 0 N–H and O–H groups in total. The Hall–Kier alpha value is -1.88. The Morgan fingerprint density at radius 3 is 2.43 bits per heavy atom. The van der Waals surface area contributed by atoms with Gasteiger partial charge in [-0.1, -0.05) is 23.8 Å². The maximum Gasteiger partial charge on any atom is 0.283 e. The van der Waals surface area contributed by atoms with Gasteiger partial charge in [0.1, 0.15) is 0 Å². The fourth-order valence-electron chi connectivity index (χ4n) is 2.16. The van der Waals surface area contributed by atoms with Crippen LogP contribution in [0.25, 0.3) is 0 Å². The second-order valence-corrected chi connectivity index (χ2v) is 5.75. The van der Waals surface area contributed by atoms with E-state index in [1.807, 2.05) is 6.07 Å². The Labute approximate surface area is 132 Å². The van der Waals surface area contributed by atoms with E-state index in [0.29, 0.717) is 11.0 Å². The van der Waals surface area contributed by atoms with Gasteiger partial charge in [-0.25, -0.2) is 0 Å². The van der Waals surface area contributed by atoms with Crippen molar-refractivity contribution >= 4 is 27.3 Å². The highest BCUT2D eigenvalue weighted by atomic mass is 79.9. The first-order valence-electron chi connectivity index (χ1n) is 6.75. The van der Waals surface area contributed by atoms with Crippen LogP contribution in [-0.4, -0.2) is 11.5 Å². The molecule has 0 fully saturated rings. The molecule has 0 atom stereocenters. The van der Waals surface area contributed by atoms with Crippen molar-refractivity contribution in [2.45, 2.75) is 20.4 Å². The van der Waals surface area contributed by atoms with E-state index in [2.05, 4.69) is 58.9 Å². The SMILES string of the molecule is CCN(Cc1ccc(Br)c([N+](=O)[O-])c1)c1ccc(C)cc1. The zero-order valence-corrected chi connectivity index (χ0v) is 13.6. The Morgan fingerprint density at radius 2 is 1.86 bits per heavy atom.